The van der Waals surface area contributed by atoms with Gasteiger partial charge in [0.2, 0.25) is 10.0 Å². The van der Waals surface area contributed by atoms with Crippen molar-refractivity contribution in [1.29, 1.82) is 0 Å². The zero-order valence-electron chi connectivity index (χ0n) is 12.0. The zero-order chi connectivity index (χ0) is 15.5. The van der Waals surface area contributed by atoms with Crippen LogP contribution in [0.2, 0.25) is 5.02 Å². The van der Waals surface area contributed by atoms with E-state index in [1.807, 2.05) is 0 Å². The number of methoxy groups -OCH3 is 1. The van der Waals surface area contributed by atoms with Crippen LogP contribution in [-0.2, 0) is 10.0 Å². The van der Waals surface area contributed by atoms with E-state index in [0.717, 1.165) is 19.3 Å². The van der Waals surface area contributed by atoms with Crippen LogP contribution in [0.15, 0.2) is 23.1 Å². The van der Waals surface area contributed by atoms with Crippen LogP contribution >= 0.6 is 11.6 Å². The van der Waals surface area contributed by atoms with Gasteiger partial charge in [0.15, 0.2) is 0 Å². The third kappa shape index (κ3) is 3.51. The van der Waals surface area contributed by atoms with Gasteiger partial charge < -0.3 is 9.84 Å². The first kappa shape index (κ1) is 16.5. The number of halogens is 1. The van der Waals surface area contributed by atoms with Crippen LogP contribution in [0.4, 0.5) is 0 Å². The fourth-order valence-corrected chi connectivity index (χ4v) is 4.42. The molecule has 2 rings (SSSR count). The highest BCUT2D eigenvalue weighted by Crippen LogP contribution is 2.33. The van der Waals surface area contributed by atoms with Gasteiger partial charge >= 0.3 is 0 Å². The molecular formula is C14H20ClNO4S. The Labute approximate surface area is 130 Å². The number of ether oxygens (including phenoxy) is 1. The lowest BCUT2D eigenvalue weighted by Gasteiger charge is -2.36. The molecule has 0 unspecified atom stereocenters. The largest absolute Gasteiger partial charge is 0.495 e. The van der Waals surface area contributed by atoms with E-state index in [9.17, 15) is 8.42 Å². The number of aliphatic hydroxyl groups is 1. The van der Waals surface area contributed by atoms with Gasteiger partial charge in [0.25, 0.3) is 0 Å². The highest BCUT2D eigenvalue weighted by Gasteiger charge is 2.34. The number of rotatable bonds is 7. The van der Waals surface area contributed by atoms with E-state index in [1.165, 1.54) is 23.5 Å². The Hall–Kier alpha value is -0.820. The minimum Gasteiger partial charge on any atom is -0.495 e. The Morgan fingerprint density at radius 3 is 2.62 bits per heavy atom. The van der Waals surface area contributed by atoms with Crippen molar-refractivity contribution in [2.45, 2.75) is 36.6 Å². The molecule has 5 nitrogen and oxygen atoms in total. The van der Waals surface area contributed by atoms with Crippen molar-refractivity contribution in [3.05, 3.63) is 23.2 Å². The summed E-state index contributed by atoms with van der Waals surface area (Å²) in [5, 5.41) is 9.25. The van der Waals surface area contributed by atoms with Crippen LogP contribution in [0.3, 0.4) is 0 Å². The predicted octanol–water partition coefficient (Wildman–Crippen LogP) is 2.27. The van der Waals surface area contributed by atoms with E-state index in [4.69, 9.17) is 21.4 Å². The van der Waals surface area contributed by atoms with Crippen LogP contribution in [0.1, 0.15) is 25.7 Å². The average Bonchev–Trinajstić information content (AvgIpc) is 2.40. The summed E-state index contributed by atoms with van der Waals surface area (Å²) in [5.41, 5.74) is 0. The molecule has 1 saturated carbocycles. The van der Waals surface area contributed by atoms with Gasteiger partial charge in [-0.3, -0.25) is 0 Å². The van der Waals surface area contributed by atoms with Gasteiger partial charge in [-0.05, 0) is 37.5 Å². The van der Waals surface area contributed by atoms with Crippen LogP contribution in [0.25, 0.3) is 0 Å². The molecule has 0 heterocycles. The monoisotopic (exact) mass is 333 g/mol. The van der Waals surface area contributed by atoms with Crippen LogP contribution in [0.5, 0.6) is 5.75 Å². The lowest BCUT2D eigenvalue weighted by molar-refractivity contribution is 0.198. The first-order valence-electron chi connectivity index (χ1n) is 6.97. The topological polar surface area (TPSA) is 66.8 Å². The molecule has 1 fully saturated rings. The summed E-state index contributed by atoms with van der Waals surface area (Å²) in [6.07, 6.45) is 3.21. The molecule has 0 aliphatic heterocycles. The highest BCUT2D eigenvalue weighted by atomic mass is 35.5. The smallest absolute Gasteiger partial charge is 0.243 e. The van der Waals surface area contributed by atoms with Crippen molar-refractivity contribution < 1.29 is 18.3 Å². The predicted molar refractivity (Wildman–Crippen MR) is 81.2 cm³/mol. The quantitative estimate of drug-likeness (QED) is 0.831. The van der Waals surface area contributed by atoms with E-state index >= 15 is 0 Å². The van der Waals surface area contributed by atoms with E-state index in [2.05, 4.69) is 0 Å². The summed E-state index contributed by atoms with van der Waals surface area (Å²) in [6, 6.07) is 4.51. The van der Waals surface area contributed by atoms with Gasteiger partial charge in [0.05, 0.1) is 17.0 Å². The van der Waals surface area contributed by atoms with Gasteiger partial charge in [0, 0.05) is 19.2 Å². The summed E-state index contributed by atoms with van der Waals surface area (Å²) in [4.78, 5) is 0.165. The van der Waals surface area contributed by atoms with Gasteiger partial charge in [-0.15, -0.1) is 0 Å². The van der Waals surface area contributed by atoms with E-state index in [0.29, 0.717) is 18.7 Å². The fraction of sp³-hybridized carbons (Fsp3) is 0.571. The molecule has 7 heteroatoms. The molecule has 1 aliphatic carbocycles. The van der Waals surface area contributed by atoms with Crippen molar-refractivity contribution in [2.24, 2.45) is 0 Å². The second-order valence-electron chi connectivity index (χ2n) is 5.07. The summed E-state index contributed by atoms with van der Waals surface area (Å²) in [5.74, 6) is 0.446. The van der Waals surface area contributed by atoms with Gasteiger partial charge in [-0.2, -0.15) is 4.31 Å². The van der Waals surface area contributed by atoms with E-state index in [1.54, 1.807) is 6.07 Å². The Bertz CT molecular complexity index is 587. The maximum atomic E-state index is 12.8. The number of hydrogen-bond acceptors (Lipinski definition) is 4. The summed E-state index contributed by atoms with van der Waals surface area (Å²) >= 11 is 6.02. The molecule has 1 N–H and O–H groups in total. The van der Waals surface area contributed by atoms with Crippen molar-refractivity contribution in [3.8, 4) is 5.75 Å². The average molecular weight is 334 g/mol. The first-order valence-corrected chi connectivity index (χ1v) is 8.78. The molecule has 0 atom stereocenters. The Balaban J connectivity index is 2.30. The molecule has 118 valence electrons. The minimum absolute atomic E-state index is 0.0257. The van der Waals surface area contributed by atoms with Crippen molar-refractivity contribution in [1.82, 2.24) is 4.31 Å². The number of benzene rings is 1. The first-order chi connectivity index (χ1) is 10.0. The fourth-order valence-electron chi connectivity index (χ4n) is 2.34. The van der Waals surface area contributed by atoms with Crippen molar-refractivity contribution in [2.75, 3.05) is 20.3 Å². The SMILES string of the molecule is COc1ccc(S(=O)(=O)N(CCCO)C2CCC2)cc1Cl. The van der Waals surface area contributed by atoms with Gasteiger partial charge in [-0.25, -0.2) is 8.42 Å². The standard InChI is InChI=1S/C14H20ClNO4S/c1-20-14-7-6-12(10-13(14)15)21(18,19)16(8-3-9-17)11-4-2-5-11/h6-7,10-11,17H,2-5,8-9H2,1H3. The molecule has 0 saturated heterocycles. The van der Waals surface area contributed by atoms with Crippen LogP contribution in [0, 0.1) is 0 Å². The summed E-state index contributed by atoms with van der Waals surface area (Å²) in [6.45, 7) is 0.301. The third-order valence-corrected chi connectivity index (χ3v) is 5.99. The molecule has 0 spiro atoms. The number of nitrogens with zero attached hydrogens (tertiary/aromatic N) is 1. The molecule has 0 radical (unpaired) electrons. The third-order valence-electron chi connectivity index (χ3n) is 3.75. The molecule has 0 bridgehead atoms. The Kier molecular flexibility index (Phi) is 5.48. The second kappa shape index (κ2) is 6.96. The molecule has 1 aromatic carbocycles. The number of hydrogen-bond donors (Lipinski definition) is 1. The number of sulfonamides is 1. The minimum atomic E-state index is -3.60. The maximum absolute atomic E-state index is 12.8. The molecule has 0 amide bonds. The molecule has 21 heavy (non-hydrogen) atoms. The lowest BCUT2D eigenvalue weighted by atomic mass is 9.93. The maximum Gasteiger partial charge on any atom is 0.243 e. The van der Waals surface area contributed by atoms with Crippen LogP contribution < -0.4 is 4.74 Å². The molecule has 0 aromatic heterocycles. The van der Waals surface area contributed by atoms with Crippen molar-refractivity contribution in [3.63, 3.8) is 0 Å². The van der Waals surface area contributed by atoms with Crippen LogP contribution in [-0.4, -0.2) is 44.1 Å². The van der Waals surface area contributed by atoms with Crippen molar-refractivity contribution >= 4 is 21.6 Å². The molecule has 1 aromatic rings. The molecule has 1 aliphatic rings. The van der Waals surface area contributed by atoms with E-state index in [-0.39, 0.29) is 22.6 Å². The lowest BCUT2D eigenvalue weighted by Crippen LogP contribution is -2.44. The Morgan fingerprint density at radius 1 is 1.43 bits per heavy atom. The van der Waals surface area contributed by atoms with Gasteiger partial charge in [0.1, 0.15) is 5.75 Å². The highest BCUT2D eigenvalue weighted by molar-refractivity contribution is 7.89. The summed E-state index contributed by atoms with van der Waals surface area (Å²) in [7, 11) is -2.12. The van der Waals surface area contributed by atoms with Gasteiger partial charge in [-0.1, -0.05) is 18.0 Å². The second-order valence-corrected chi connectivity index (χ2v) is 7.37. The van der Waals surface area contributed by atoms with E-state index < -0.39 is 10.0 Å². The number of aliphatic hydroxyl groups excluding tert-OH is 1. The summed E-state index contributed by atoms with van der Waals surface area (Å²) < 4.78 is 32.1. The zero-order valence-corrected chi connectivity index (χ0v) is 13.5. The Morgan fingerprint density at radius 2 is 2.14 bits per heavy atom. The molecular weight excluding hydrogens is 314 g/mol. The normalized spacial score (nSPS) is 16.0.